The van der Waals surface area contributed by atoms with Crippen LogP contribution in [0.15, 0.2) is 79.1 Å². The standard InChI is InChI=1S/C24H15FN6/c25-15-6-4-14(5-7-15)16-10-12-27-24-17(16)13-21(29-24)23-22-20(30-31-23)9-8-19(28-22)18-3-1-2-11-26-18/h1-13H,(H,27,29)(H,30,31). The predicted octanol–water partition coefficient (Wildman–Crippen LogP) is 5.37. The molecule has 2 N–H and O–H groups in total. The summed E-state index contributed by atoms with van der Waals surface area (Å²) < 4.78 is 13.4. The van der Waals surface area contributed by atoms with E-state index in [0.29, 0.717) is 5.69 Å². The highest BCUT2D eigenvalue weighted by Crippen LogP contribution is 2.33. The van der Waals surface area contributed by atoms with Crippen molar-refractivity contribution in [2.75, 3.05) is 0 Å². The predicted molar refractivity (Wildman–Crippen MR) is 118 cm³/mol. The molecule has 0 saturated carbocycles. The number of hydrogen-bond acceptors (Lipinski definition) is 4. The first kappa shape index (κ1) is 17.5. The highest BCUT2D eigenvalue weighted by atomic mass is 19.1. The van der Waals surface area contributed by atoms with Crippen LogP contribution in [0.4, 0.5) is 4.39 Å². The number of fused-ring (bicyclic) bond motifs is 2. The molecule has 0 aliphatic heterocycles. The van der Waals surface area contributed by atoms with E-state index in [1.165, 1.54) is 12.1 Å². The summed E-state index contributed by atoms with van der Waals surface area (Å²) in [5.41, 5.74) is 7.28. The molecular formula is C24H15FN6. The minimum Gasteiger partial charge on any atom is -0.338 e. The molecule has 6 rings (SSSR count). The molecule has 5 aromatic heterocycles. The van der Waals surface area contributed by atoms with E-state index in [0.717, 1.165) is 50.3 Å². The fraction of sp³-hybridized carbons (Fsp3) is 0. The number of pyridine rings is 3. The molecule has 0 fully saturated rings. The van der Waals surface area contributed by atoms with Gasteiger partial charge in [-0.25, -0.2) is 14.4 Å². The molecule has 6 nitrogen and oxygen atoms in total. The van der Waals surface area contributed by atoms with Crippen LogP contribution in [0.5, 0.6) is 0 Å². The molecular weight excluding hydrogens is 391 g/mol. The second kappa shape index (κ2) is 6.84. The van der Waals surface area contributed by atoms with Gasteiger partial charge in [0, 0.05) is 17.8 Å². The fourth-order valence-electron chi connectivity index (χ4n) is 3.78. The number of rotatable bonds is 3. The summed E-state index contributed by atoms with van der Waals surface area (Å²) in [6.07, 6.45) is 3.49. The van der Waals surface area contributed by atoms with Crippen LogP contribution in [0.25, 0.3) is 56.0 Å². The Morgan fingerprint density at radius 1 is 0.806 bits per heavy atom. The summed E-state index contributed by atoms with van der Waals surface area (Å²) in [7, 11) is 0. The lowest BCUT2D eigenvalue weighted by Gasteiger charge is -2.02. The molecule has 7 heteroatoms. The van der Waals surface area contributed by atoms with Gasteiger partial charge >= 0.3 is 0 Å². The van der Waals surface area contributed by atoms with Gasteiger partial charge in [0.25, 0.3) is 0 Å². The first-order valence-electron chi connectivity index (χ1n) is 9.77. The maximum atomic E-state index is 13.4. The summed E-state index contributed by atoms with van der Waals surface area (Å²) >= 11 is 0. The minimum absolute atomic E-state index is 0.262. The number of nitrogens with zero attached hydrogens (tertiary/aromatic N) is 4. The monoisotopic (exact) mass is 406 g/mol. The first-order valence-corrected chi connectivity index (χ1v) is 9.77. The second-order valence-corrected chi connectivity index (χ2v) is 7.19. The number of halogens is 1. The van der Waals surface area contributed by atoms with Gasteiger partial charge in [0.1, 0.15) is 22.7 Å². The molecule has 0 spiro atoms. The molecule has 0 unspecified atom stereocenters. The Labute approximate surface area is 175 Å². The van der Waals surface area contributed by atoms with Crippen molar-refractivity contribution in [3.8, 4) is 33.9 Å². The van der Waals surface area contributed by atoms with Crippen molar-refractivity contribution >= 4 is 22.1 Å². The lowest BCUT2D eigenvalue weighted by Crippen LogP contribution is -1.88. The third-order valence-electron chi connectivity index (χ3n) is 5.28. The third-order valence-corrected chi connectivity index (χ3v) is 5.28. The Hall–Kier alpha value is -4.39. The van der Waals surface area contributed by atoms with Gasteiger partial charge in [0.2, 0.25) is 0 Å². The Morgan fingerprint density at radius 2 is 1.71 bits per heavy atom. The van der Waals surface area contributed by atoms with E-state index in [-0.39, 0.29) is 5.82 Å². The van der Waals surface area contributed by atoms with Crippen LogP contribution in [0.3, 0.4) is 0 Å². The van der Waals surface area contributed by atoms with Crippen molar-refractivity contribution in [2.45, 2.75) is 0 Å². The lowest BCUT2D eigenvalue weighted by molar-refractivity contribution is 0.628. The van der Waals surface area contributed by atoms with E-state index < -0.39 is 0 Å². The topological polar surface area (TPSA) is 83.1 Å². The molecule has 31 heavy (non-hydrogen) atoms. The average molecular weight is 406 g/mol. The molecule has 0 aliphatic carbocycles. The van der Waals surface area contributed by atoms with Crippen molar-refractivity contribution in [1.82, 2.24) is 30.1 Å². The molecule has 6 aromatic rings. The number of benzene rings is 1. The zero-order valence-corrected chi connectivity index (χ0v) is 16.2. The van der Waals surface area contributed by atoms with E-state index in [2.05, 4.69) is 25.1 Å². The van der Waals surface area contributed by atoms with Gasteiger partial charge in [-0.1, -0.05) is 18.2 Å². The van der Waals surface area contributed by atoms with Crippen LogP contribution in [0.2, 0.25) is 0 Å². The van der Waals surface area contributed by atoms with Gasteiger partial charge in [0.05, 0.1) is 22.6 Å². The van der Waals surface area contributed by atoms with Gasteiger partial charge < -0.3 is 4.98 Å². The Morgan fingerprint density at radius 3 is 2.55 bits per heavy atom. The highest BCUT2D eigenvalue weighted by molar-refractivity contribution is 5.98. The molecule has 0 radical (unpaired) electrons. The van der Waals surface area contributed by atoms with Crippen molar-refractivity contribution in [2.24, 2.45) is 0 Å². The molecule has 0 amide bonds. The van der Waals surface area contributed by atoms with Crippen LogP contribution in [0, 0.1) is 5.82 Å². The van der Waals surface area contributed by atoms with E-state index in [1.807, 2.05) is 42.5 Å². The number of aromatic nitrogens is 6. The van der Waals surface area contributed by atoms with Gasteiger partial charge in [-0.2, -0.15) is 5.10 Å². The number of aromatic amines is 2. The molecule has 1 aromatic carbocycles. The normalized spacial score (nSPS) is 11.4. The maximum absolute atomic E-state index is 13.4. The molecule has 0 atom stereocenters. The Balaban J connectivity index is 1.51. The van der Waals surface area contributed by atoms with E-state index in [4.69, 9.17) is 4.98 Å². The quantitative estimate of drug-likeness (QED) is 0.414. The smallest absolute Gasteiger partial charge is 0.138 e. The average Bonchev–Trinajstić information content (AvgIpc) is 3.43. The fourth-order valence-corrected chi connectivity index (χ4v) is 3.78. The van der Waals surface area contributed by atoms with Crippen LogP contribution in [0.1, 0.15) is 0 Å². The van der Waals surface area contributed by atoms with Crippen molar-refractivity contribution in [1.29, 1.82) is 0 Å². The zero-order chi connectivity index (χ0) is 20.8. The Kier molecular flexibility index (Phi) is 3.86. The zero-order valence-electron chi connectivity index (χ0n) is 16.2. The van der Waals surface area contributed by atoms with Gasteiger partial charge in [-0.3, -0.25) is 10.1 Å². The molecule has 0 bridgehead atoms. The molecule has 148 valence electrons. The molecule has 5 heterocycles. The van der Waals surface area contributed by atoms with Crippen LogP contribution in [-0.2, 0) is 0 Å². The molecule has 0 saturated heterocycles. The number of nitrogens with one attached hydrogen (secondary N) is 2. The van der Waals surface area contributed by atoms with Gasteiger partial charge in [0.15, 0.2) is 0 Å². The molecule has 0 aliphatic rings. The van der Waals surface area contributed by atoms with Crippen molar-refractivity contribution in [3.63, 3.8) is 0 Å². The van der Waals surface area contributed by atoms with E-state index >= 15 is 0 Å². The van der Waals surface area contributed by atoms with Crippen LogP contribution < -0.4 is 0 Å². The summed E-state index contributed by atoms with van der Waals surface area (Å²) in [5.74, 6) is -0.262. The first-order chi connectivity index (χ1) is 15.3. The highest BCUT2D eigenvalue weighted by Gasteiger charge is 2.16. The number of hydrogen-bond donors (Lipinski definition) is 2. The summed E-state index contributed by atoms with van der Waals surface area (Å²) in [4.78, 5) is 17.0. The van der Waals surface area contributed by atoms with Crippen LogP contribution >= 0.6 is 0 Å². The van der Waals surface area contributed by atoms with E-state index in [9.17, 15) is 4.39 Å². The minimum atomic E-state index is -0.262. The maximum Gasteiger partial charge on any atom is 0.138 e. The third kappa shape index (κ3) is 2.95. The van der Waals surface area contributed by atoms with Crippen molar-refractivity contribution in [3.05, 3.63) is 84.9 Å². The largest absolute Gasteiger partial charge is 0.338 e. The number of H-pyrrole nitrogens is 2. The summed E-state index contributed by atoms with van der Waals surface area (Å²) in [6, 6.07) is 20.0. The summed E-state index contributed by atoms with van der Waals surface area (Å²) in [6.45, 7) is 0. The van der Waals surface area contributed by atoms with Crippen LogP contribution in [-0.4, -0.2) is 30.1 Å². The van der Waals surface area contributed by atoms with Crippen molar-refractivity contribution < 1.29 is 4.39 Å². The lowest BCUT2D eigenvalue weighted by atomic mass is 10.0. The Bertz CT molecular complexity index is 1530. The van der Waals surface area contributed by atoms with Gasteiger partial charge in [-0.05, 0) is 59.7 Å². The summed E-state index contributed by atoms with van der Waals surface area (Å²) in [5, 5.41) is 8.47. The second-order valence-electron chi connectivity index (χ2n) is 7.19. The van der Waals surface area contributed by atoms with E-state index in [1.54, 1.807) is 24.5 Å². The SMILES string of the molecule is Fc1ccc(-c2ccnc3[nH]c(-c4n[nH]c5ccc(-c6ccccn6)nc45)cc23)cc1. The van der Waals surface area contributed by atoms with Gasteiger partial charge in [-0.15, -0.1) is 0 Å².